The molecule has 0 atom stereocenters. The average Bonchev–Trinajstić information content (AvgIpc) is 3.16. The normalized spacial score (nSPS) is 11.5. The number of carbonyl (C=O) groups excluding carboxylic acids is 5. The Kier molecular flexibility index (Phi) is 28.0. The third-order valence-corrected chi connectivity index (χ3v) is 11.4. The molecule has 2 amide bonds. The van der Waals surface area contributed by atoms with E-state index in [-0.39, 0.29) is 91.1 Å². The lowest BCUT2D eigenvalue weighted by molar-refractivity contribution is -0.138. The lowest BCUT2D eigenvalue weighted by atomic mass is 10.0. The van der Waals surface area contributed by atoms with Crippen LogP contribution in [0.15, 0.2) is 29.2 Å². The number of esters is 3. The van der Waals surface area contributed by atoms with Crippen molar-refractivity contribution in [1.29, 1.82) is 0 Å². The zero-order chi connectivity index (χ0) is 40.8. The molecule has 1 aromatic carbocycles. The molecule has 0 saturated heterocycles. The molecule has 0 fully saturated rings. The van der Waals surface area contributed by atoms with Crippen molar-refractivity contribution in [2.24, 2.45) is 5.14 Å². The van der Waals surface area contributed by atoms with Crippen LogP contribution in [0, 0.1) is 0 Å². The molecule has 16 nitrogen and oxygen atoms in total. The minimum Gasteiger partial charge on any atom is -0.468 e. The van der Waals surface area contributed by atoms with Crippen LogP contribution in [0.1, 0.15) is 50.5 Å². The van der Waals surface area contributed by atoms with Gasteiger partial charge in [-0.2, -0.15) is 35.3 Å². The van der Waals surface area contributed by atoms with Gasteiger partial charge in [-0.05, 0) is 67.1 Å². The first-order valence-corrected chi connectivity index (χ1v) is 22.7. The number of amides is 2. The third kappa shape index (κ3) is 26.1. The number of nitrogens with two attached hydrogens (primary N) is 1. The fraction of sp³-hybridized carbons (Fsp3) is 0.686. The van der Waals surface area contributed by atoms with Crippen LogP contribution >= 0.6 is 35.3 Å². The fourth-order valence-electron chi connectivity index (χ4n) is 4.48. The van der Waals surface area contributed by atoms with E-state index in [0.717, 1.165) is 0 Å². The molecule has 0 aliphatic carbocycles. The number of primary sulfonamides is 1. The number of unbranched alkanes of at least 4 members (excludes halogenated alkanes) is 1. The summed E-state index contributed by atoms with van der Waals surface area (Å²) in [4.78, 5) is 60.0. The Morgan fingerprint density at radius 2 is 1.04 bits per heavy atom. The van der Waals surface area contributed by atoms with E-state index < -0.39 is 15.6 Å². The molecule has 314 valence electrons. The SMILES string of the molecule is COC(=O)CSCCCOCC(COCCCSCC(=O)OC)(COCCCSCC(=O)OC)NC(=O)CCCCC(=O)NCc1ccc(S(N)(=O)=O)cc1. The number of sulfonamides is 1. The molecule has 4 N–H and O–H groups in total. The van der Waals surface area contributed by atoms with Crippen molar-refractivity contribution in [3.05, 3.63) is 29.8 Å². The van der Waals surface area contributed by atoms with Crippen LogP contribution in [-0.2, 0) is 69.0 Å². The van der Waals surface area contributed by atoms with Gasteiger partial charge in [0, 0.05) is 39.2 Å². The van der Waals surface area contributed by atoms with Crippen LogP contribution in [0.4, 0.5) is 0 Å². The Bertz CT molecular complexity index is 1310. The van der Waals surface area contributed by atoms with E-state index in [1.165, 1.54) is 68.7 Å². The van der Waals surface area contributed by atoms with Gasteiger partial charge in [-0.3, -0.25) is 24.0 Å². The van der Waals surface area contributed by atoms with Gasteiger partial charge in [0.15, 0.2) is 0 Å². The summed E-state index contributed by atoms with van der Waals surface area (Å²) in [7, 11) is 0.222. The zero-order valence-corrected chi connectivity index (χ0v) is 35.2. The van der Waals surface area contributed by atoms with Gasteiger partial charge in [0.2, 0.25) is 21.8 Å². The van der Waals surface area contributed by atoms with E-state index in [1.807, 2.05) is 0 Å². The second-order valence-electron chi connectivity index (χ2n) is 12.1. The summed E-state index contributed by atoms with van der Waals surface area (Å²) < 4.78 is 55.0. The minimum absolute atomic E-state index is 0.0146. The molecule has 0 spiro atoms. The fourth-order valence-corrected chi connectivity index (χ4v) is 7.25. The predicted octanol–water partition coefficient (Wildman–Crippen LogP) is 2.30. The van der Waals surface area contributed by atoms with E-state index in [9.17, 15) is 32.4 Å². The third-order valence-electron chi connectivity index (χ3n) is 7.41. The van der Waals surface area contributed by atoms with E-state index in [4.69, 9.17) is 19.3 Å². The molecule has 55 heavy (non-hydrogen) atoms. The van der Waals surface area contributed by atoms with E-state index in [2.05, 4.69) is 24.8 Å². The van der Waals surface area contributed by atoms with Gasteiger partial charge in [-0.15, -0.1) is 0 Å². The molecule has 0 aliphatic rings. The molecule has 0 radical (unpaired) electrons. The lowest BCUT2D eigenvalue weighted by Crippen LogP contribution is -2.58. The van der Waals surface area contributed by atoms with Gasteiger partial charge >= 0.3 is 17.9 Å². The number of hydrogen-bond acceptors (Lipinski definition) is 16. The first-order chi connectivity index (χ1) is 26.3. The lowest BCUT2D eigenvalue weighted by Gasteiger charge is -2.34. The molecule has 1 aromatic rings. The maximum absolute atomic E-state index is 13.3. The van der Waals surface area contributed by atoms with Gasteiger partial charge in [0.1, 0.15) is 5.54 Å². The van der Waals surface area contributed by atoms with E-state index >= 15 is 0 Å². The summed E-state index contributed by atoms with van der Waals surface area (Å²) in [5.74, 6) is 1.37. The van der Waals surface area contributed by atoms with Gasteiger partial charge in [-0.25, -0.2) is 13.6 Å². The molecule has 0 unspecified atom stereocenters. The average molecular weight is 856 g/mol. The largest absolute Gasteiger partial charge is 0.468 e. The van der Waals surface area contributed by atoms with Crippen molar-refractivity contribution in [2.45, 2.75) is 61.9 Å². The molecule has 0 bridgehead atoms. The highest BCUT2D eigenvalue weighted by atomic mass is 32.2. The predicted molar refractivity (Wildman–Crippen MR) is 213 cm³/mol. The number of methoxy groups -OCH3 is 3. The first-order valence-electron chi connectivity index (χ1n) is 17.7. The number of hydrogen-bond donors (Lipinski definition) is 3. The van der Waals surface area contributed by atoms with Crippen LogP contribution in [0.25, 0.3) is 0 Å². The van der Waals surface area contributed by atoms with Crippen molar-refractivity contribution in [1.82, 2.24) is 10.6 Å². The number of carbonyl (C=O) groups is 5. The van der Waals surface area contributed by atoms with Crippen molar-refractivity contribution < 1.29 is 60.8 Å². The van der Waals surface area contributed by atoms with Crippen molar-refractivity contribution in [3.63, 3.8) is 0 Å². The summed E-state index contributed by atoms with van der Waals surface area (Å²) >= 11 is 4.31. The molecule has 0 aliphatic heterocycles. The van der Waals surface area contributed by atoms with Gasteiger partial charge in [0.25, 0.3) is 0 Å². The first kappa shape index (κ1) is 50.4. The summed E-state index contributed by atoms with van der Waals surface area (Å²) in [6, 6.07) is 5.91. The highest BCUT2D eigenvalue weighted by Crippen LogP contribution is 2.14. The summed E-state index contributed by atoms with van der Waals surface area (Å²) in [6.07, 6.45) is 3.20. The van der Waals surface area contributed by atoms with Gasteiger partial charge in [-0.1, -0.05) is 12.1 Å². The van der Waals surface area contributed by atoms with E-state index in [0.29, 0.717) is 74.7 Å². The maximum Gasteiger partial charge on any atom is 0.315 e. The Labute approximate surface area is 337 Å². The second-order valence-corrected chi connectivity index (χ2v) is 17.0. The monoisotopic (exact) mass is 855 g/mol. The number of rotatable bonds is 33. The Morgan fingerprint density at radius 1 is 0.636 bits per heavy atom. The number of ether oxygens (including phenoxy) is 6. The van der Waals surface area contributed by atoms with Crippen LogP contribution < -0.4 is 15.8 Å². The van der Waals surface area contributed by atoms with Crippen molar-refractivity contribution >= 4 is 75.0 Å². The molecule has 20 heteroatoms. The van der Waals surface area contributed by atoms with Gasteiger partial charge in [0.05, 0.1) is 63.3 Å². The highest BCUT2D eigenvalue weighted by Gasteiger charge is 2.33. The summed E-state index contributed by atoms with van der Waals surface area (Å²) in [5.41, 5.74) is -0.326. The molecule has 0 aromatic heterocycles. The highest BCUT2D eigenvalue weighted by molar-refractivity contribution is 8.00. The van der Waals surface area contributed by atoms with Crippen LogP contribution in [0.5, 0.6) is 0 Å². The molecular weight excluding hydrogens is 799 g/mol. The van der Waals surface area contributed by atoms with Crippen LogP contribution in [-0.4, -0.2) is 139 Å². The second kappa shape index (κ2) is 30.5. The maximum atomic E-state index is 13.3. The quantitative estimate of drug-likeness (QED) is 0.0524. The van der Waals surface area contributed by atoms with E-state index in [1.54, 1.807) is 12.1 Å². The number of thioether (sulfide) groups is 3. The minimum atomic E-state index is -3.80. The molecule has 1 rings (SSSR count). The summed E-state index contributed by atoms with van der Waals surface area (Å²) in [6.45, 7) is 1.59. The van der Waals surface area contributed by atoms with Crippen LogP contribution in [0.2, 0.25) is 0 Å². The topological polar surface area (TPSA) is 225 Å². The smallest absolute Gasteiger partial charge is 0.315 e. The van der Waals surface area contributed by atoms with Crippen molar-refractivity contribution in [3.8, 4) is 0 Å². The standard InChI is InChI=1S/C35H57N3O13S4/c1-46-32(41)22-52-18-6-15-49-25-35(26-50-16-7-19-53-23-33(42)47-2,27-51-17-8-20-54-24-34(43)48-3)38-31(40)10-5-4-9-30(39)37-21-28-11-13-29(14-12-28)55(36,44)45/h11-14H,4-10,15-27H2,1-3H3,(H,37,39)(H,38,40)(H2,36,44,45). The molecular formula is C35H57N3O13S4. The van der Waals surface area contributed by atoms with Crippen molar-refractivity contribution in [2.75, 3.05) is 95.5 Å². The summed E-state index contributed by atoms with van der Waals surface area (Å²) in [5, 5.41) is 11.0. The Balaban J connectivity index is 2.79. The Morgan fingerprint density at radius 3 is 1.42 bits per heavy atom. The Hall–Kier alpha value is -2.59. The zero-order valence-electron chi connectivity index (χ0n) is 32.0. The van der Waals surface area contributed by atoms with Gasteiger partial charge < -0.3 is 39.1 Å². The molecule has 0 heterocycles. The van der Waals surface area contributed by atoms with Crippen LogP contribution in [0.3, 0.4) is 0 Å². The number of benzene rings is 1. The molecule has 0 saturated carbocycles. The number of nitrogens with one attached hydrogen (secondary N) is 2.